The van der Waals surface area contributed by atoms with E-state index in [0.717, 1.165) is 0 Å². The van der Waals surface area contributed by atoms with E-state index in [1.165, 1.54) is 12.1 Å². The Balaban J connectivity index is 1.53. The summed E-state index contributed by atoms with van der Waals surface area (Å²) in [6.45, 7) is 2.51. The number of morpholine rings is 1. The molecule has 3 heterocycles. The van der Waals surface area contributed by atoms with Crippen molar-refractivity contribution in [2.24, 2.45) is 0 Å². The number of benzene rings is 2. The van der Waals surface area contributed by atoms with Crippen molar-refractivity contribution in [2.75, 3.05) is 36.5 Å². The van der Waals surface area contributed by atoms with Crippen LogP contribution in [0, 0.1) is 11.6 Å². The van der Waals surface area contributed by atoms with Gasteiger partial charge in [0, 0.05) is 29.5 Å². The van der Waals surface area contributed by atoms with E-state index in [9.17, 15) is 8.78 Å². The highest BCUT2D eigenvalue weighted by atomic mass is 19.1. The predicted octanol–water partition coefficient (Wildman–Crippen LogP) is 3.97. The molecule has 0 radical (unpaired) electrons. The molecular formula is C20H17F2N5O. The fourth-order valence-electron chi connectivity index (χ4n) is 3.58. The lowest BCUT2D eigenvalue weighted by Crippen LogP contribution is -2.36. The summed E-state index contributed by atoms with van der Waals surface area (Å²) in [6, 6.07) is 9.71. The highest BCUT2D eigenvalue weighted by Crippen LogP contribution is 2.32. The van der Waals surface area contributed by atoms with Crippen LogP contribution in [-0.2, 0) is 4.74 Å². The number of hydrogen-bond acceptors (Lipinski definition) is 5. The molecule has 2 aromatic heterocycles. The third kappa shape index (κ3) is 2.82. The molecule has 2 N–H and O–H groups in total. The molecule has 2 aromatic carbocycles. The topological polar surface area (TPSA) is 66.1 Å². The summed E-state index contributed by atoms with van der Waals surface area (Å²) in [7, 11) is 0. The molecule has 0 unspecified atom stereocenters. The number of fused-ring (bicyclic) bond motifs is 3. The lowest BCUT2D eigenvalue weighted by Gasteiger charge is -2.29. The van der Waals surface area contributed by atoms with Gasteiger partial charge in [-0.15, -0.1) is 0 Å². The molecule has 1 saturated heterocycles. The number of nitrogens with one attached hydrogen (secondary N) is 2. The van der Waals surface area contributed by atoms with E-state index < -0.39 is 0 Å². The highest BCUT2D eigenvalue weighted by Gasteiger charge is 2.17. The van der Waals surface area contributed by atoms with Crippen LogP contribution in [0.5, 0.6) is 0 Å². The minimum absolute atomic E-state index is 0.320. The molecule has 0 spiro atoms. The minimum Gasteiger partial charge on any atom is -0.378 e. The molecule has 0 saturated carbocycles. The summed E-state index contributed by atoms with van der Waals surface area (Å²) in [4.78, 5) is 6.47. The zero-order valence-electron chi connectivity index (χ0n) is 14.9. The largest absolute Gasteiger partial charge is 0.378 e. The molecular weight excluding hydrogens is 364 g/mol. The first-order valence-corrected chi connectivity index (χ1v) is 9.01. The Morgan fingerprint density at radius 3 is 2.75 bits per heavy atom. The van der Waals surface area contributed by atoms with Crippen LogP contribution in [0.1, 0.15) is 0 Å². The quantitative estimate of drug-likeness (QED) is 0.562. The number of H-pyrrole nitrogens is 1. The van der Waals surface area contributed by atoms with Gasteiger partial charge in [0.2, 0.25) is 0 Å². The zero-order valence-corrected chi connectivity index (χ0v) is 14.9. The van der Waals surface area contributed by atoms with E-state index in [1.54, 1.807) is 30.5 Å². The standard InChI is InChI=1S/C20H17F2N5O/c21-14-2-1-3-16-18(14)13-11-23-26-19(13)20(25-16)24-12-4-5-17(15(22)10-12)27-6-8-28-9-7-27/h1-5,10-11H,6-9H2,(H,23,26)(H,24,25). The van der Waals surface area contributed by atoms with E-state index in [0.29, 0.717) is 65.3 Å². The normalized spacial score (nSPS) is 14.7. The number of pyridine rings is 1. The summed E-state index contributed by atoms with van der Waals surface area (Å²) >= 11 is 0. The zero-order chi connectivity index (χ0) is 19.1. The molecule has 28 heavy (non-hydrogen) atoms. The van der Waals surface area contributed by atoms with Gasteiger partial charge < -0.3 is 15.0 Å². The molecule has 1 aliphatic heterocycles. The second-order valence-corrected chi connectivity index (χ2v) is 6.64. The fourth-order valence-corrected chi connectivity index (χ4v) is 3.58. The molecule has 0 amide bonds. The summed E-state index contributed by atoms with van der Waals surface area (Å²) < 4.78 is 34.3. The van der Waals surface area contributed by atoms with Crippen molar-refractivity contribution < 1.29 is 13.5 Å². The molecule has 5 rings (SSSR count). The first-order valence-electron chi connectivity index (χ1n) is 9.01. The van der Waals surface area contributed by atoms with Crippen molar-refractivity contribution in [2.45, 2.75) is 0 Å². The molecule has 0 aliphatic carbocycles. The van der Waals surface area contributed by atoms with E-state index >= 15 is 0 Å². The Hall–Kier alpha value is -3.26. The molecule has 0 bridgehead atoms. The number of hydrogen-bond donors (Lipinski definition) is 2. The van der Waals surface area contributed by atoms with E-state index in [1.807, 2.05) is 4.90 Å². The van der Waals surface area contributed by atoms with Gasteiger partial charge in [-0.3, -0.25) is 5.10 Å². The number of ether oxygens (including phenoxy) is 1. The van der Waals surface area contributed by atoms with Crippen molar-refractivity contribution in [1.82, 2.24) is 15.2 Å². The average molecular weight is 381 g/mol. The van der Waals surface area contributed by atoms with Crippen molar-refractivity contribution in [3.63, 3.8) is 0 Å². The van der Waals surface area contributed by atoms with E-state index in [2.05, 4.69) is 20.5 Å². The van der Waals surface area contributed by atoms with Gasteiger partial charge in [-0.25, -0.2) is 13.8 Å². The first kappa shape index (κ1) is 16.9. The number of anilines is 3. The van der Waals surface area contributed by atoms with Gasteiger partial charge in [-0.1, -0.05) is 6.07 Å². The maximum Gasteiger partial charge on any atom is 0.157 e. The summed E-state index contributed by atoms with van der Waals surface area (Å²) in [5.41, 5.74) is 2.17. The van der Waals surface area contributed by atoms with Gasteiger partial charge >= 0.3 is 0 Å². The van der Waals surface area contributed by atoms with Gasteiger partial charge in [-0.2, -0.15) is 5.10 Å². The Morgan fingerprint density at radius 1 is 1.07 bits per heavy atom. The molecule has 1 fully saturated rings. The van der Waals surface area contributed by atoms with Crippen LogP contribution in [0.25, 0.3) is 21.8 Å². The van der Waals surface area contributed by atoms with Crippen molar-refractivity contribution in [3.05, 3.63) is 54.2 Å². The first-order chi connectivity index (χ1) is 13.7. The Labute approximate surface area is 159 Å². The Kier molecular flexibility index (Phi) is 4.05. The molecule has 1 aliphatic rings. The van der Waals surface area contributed by atoms with Gasteiger partial charge in [0.15, 0.2) is 5.82 Å². The summed E-state index contributed by atoms with van der Waals surface area (Å²) in [5.74, 6) is -0.215. The maximum atomic E-state index is 14.7. The maximum absolute atomic E-state index is 14.7. The second kappa shape index (κ2) is 6.72. The number of rotatable bonds is 3. The van der Waals surface area contributed by atoms with E-state index in [-0.39, 0.29) is 11.6 Å². The number of aromatic amines is 1. The molecule has 142 valence electrons. The van der Waals surface area contributed by atoms with Crippen molar-refractivity contribution >= 4 is 39.0 Å². The fraction of sp³-hybridized carbons (Fsp3) is 0.200. The molecule has 4 aromatic rings. The van der Waals surface area contributed by atoms with Gasteiger partial charge in [0.1, 0.15) is 17.2 Å². The van der Waals surface area contributed by atoms with Gasteiger partial charge in [0.25, 0.3) is 0 Å². The van der Waals surface area contributed by atoms with Crippen LogP contribution >= 0.6 is 0 Å². The Bertz CT molecular complexity index is 1170. The third-order valence-corrected chi connectivity index (χ3v) is 4.93. The van der Waals surface area contributed by atoms with Crippen LogP contribution in [-0.4, -0.2) is 41.5 Å². The number of nitrogens with zero attached hydrogens (tertiary/aromatic N) is 3. The summed E-state index contributed by atoms with van der Waals surface area (Å²) in [6.07, 6.45) is 1.57. The van der Waals surface area contributed by atoms with Crippen LogP contribution in [0.3, 0.4) is 0 Å². The van der Waals surface area contributed by atoms with Crippen molar-refractivity contribution in [1.29, 1.82) is 0 Å². The van der Waals surface area contributed by atoms with Crippen LogP contribution < -0.4 is 10.2 Å². The smallest absolute Gasteiger partial charge is 0.157 e. The number of halogens is 2. The highest BCUT2D eigenvalue weighted by molar-refractivity contribution is 6.08. The lowest BCUT2D eigenvalue weighted by molar-refractivity contribution is 0.122. The number of aromatic nitrogens is 3. The predicted molar refractivity (Wildman–Crippen MR) is 104 cm³/mol. The SMILES string of the molecule is Fc1cc(Nc2nc3cccc(F)c3c3cn[nH]c23)ccc1N1CCOCC1. The second-order valence-electron chi connectivity index (χ2n) is 6.64. The lowest BCUT2D eigenvalue weighted by atomic mass is 10.1. The van der Waals surface area contributed by atoms with E-state index in [4.69, 9.17) is 4.74 Å². The Morgan fingerprint density at radius 2 is 1.93 bits per heavy atom. The van der Waals surface area contributed by atoms with Crippen LogP contribution in [0.4, 0.5) is 26.0 Å². The van der Waals surface area contributed by atoms with Gasteiger partial charge in [-0.05, 0) is 30.3 Å². The third-order valence-electron chi connectivity index (χ3n) is 4.93. The minimum atomic E-state index is -0.358. The molecule has 6 nitrogen and oxygen atoms in total. The van der Waals surface area contributed by atoms with Crippen LogP contribution in [0.15, 0.2) is 42.6 Å². The van der Waals surface area contributed by atoms with Gasteiger partial charge in [0.05, 0.1) is 30.6 Å². The van der Waals surface area contributed by atoms with Crippen LogP contribution in [0.2, 0.25) is 0 Å². The molecule has 0 atom stereocenters. The summed E-state index contributed by atoms with van der Waals surface area (Å²) in [5, 5.41) is 11.0. The average Bonchev–Trinajstić information content (AvgIpc) is 3.19. The monoisotopic (exact) mass is 381 g/mol. The van der Waals surface area contributed by atoms with Crippen molar-refractivity contribution in [3.8, 4) is 0 Å². The molecule has 8 heteroatoms.